The summed E-state index contributed by atoms with van der Waals surface area (Å²) in [6.45, 7) is 2.08. The average molecular weight is 423 g/mol. The Morgan fingerprint density at radius 2 is 1.75 bits per heavy atom. The zero-order valence-corrected chi connectivity index (χ0v) is 17.3. The molecule has 0 bridgehead atoms. The molecule has 9 heteroatoms. The van der Waals surface area contributed by atoms with Crippen molar-refractivity contribution in [3.63, 3.8) is 0 Å². The number of hydrogen-bond donors (Lipinski definition) is 3. The summed E-state index contributed by atoms with van der Waals surface area (Å²) in [6, 6.07) is 19.6. The van der Waals surface area contributed by atoms with Crippen LogP contribution in [0.4, 0.5) is 17.7 Å². The monoisotopic (exact) mass is 423 g/mol. The van der Waals surface area contributed by atoms with Gasteiger partial charge in [-0.3, -0.25) is 4.57 Å². The lowest BCUT2D eigenvalue weighted by Crippen LogP contribution is -2.10. The van der Waals surface area contributed by atoms with E-state index >= 15 is 0 Å². The largest absolute Gasteiger partial charge is 0.384 e. The number of nitrogens with one attached hydrogen (secondary N) is 1. The molecule has 5 aromatic rings. The van der Waals surface area contributed by atoms with Crippen LogP contribution in [0, 0.1) is 0 Å². The Bertz CT molecular complexity index is 1380. The second kappa shape index (κ2) is 7.95. The molecule has 3 heterocycles. The van der Waals surface area contributed by atoms with E-state index in [0.717, 1.165) is 22.2 Å². The first-order valence-corrected chi connectivity index (χ1v) is 10.1. The van der Waals surface area contributed by atoms with Gasteiger partial charge in [0, 0.05) is 17.8 Å². The van der Waals surface area contributed by atoms with E-state index in [9.17, 15) is 0 Å². The standard InChI is InChI=1S/C23H21N9/c1-14(15-5-3-2-4-6-15)28-23-26-10-9-21(31-23)32-13-27-18-11-16(7-8-19(18)32)17-12-20(24)30-22(25)29-17/h2-14H,1H3,(H,26,28,31)(H4,24,25,29,30)/t14-/m0/s1. The topological polar surface area (TPSA) is 133 Å². The summed E-state index contributed by atoms with van der Waals surface area (Å²) >= 11 is 0. The summed E-state index contributed by atoms with van der Waals surface area (Å²) in [5.41, 5.74) is 15.9. The smallest absolute Gasteiger partial charge is 0.225 e. The van der Waals surface area contributed by atoms with Crippen LogP contribution in [0.25, 0.3) is 28.1 Å². The predicted octanol–water partition coefficient (Wildman–Crippen LogP) is 3.61. The molecule has 0 saturated heterocycles. The molecule has 1 atom stereocenters. The zero-order valence-electron chi connectivity index (χ0n) is 17.3. The molecule has 0 aliphatic rings. The summed E-state index contributed by atoms with van der Waals surface area (Å²) in [4.78, 5) is 21.8. The van der Waals surface area contributed by atoms with Gasteiger partial charge < -0.3 is 16.8 Å². The number of benzene rings is 2. The number of rotatable bonds is 5. The van der Waals surface area contributed by atoms with E-state index in [1.54, 1.807) is 18.6 Å². The fourth-order valence-electron chi connectivity index (χ4n) is 3.56. The summed E-state index contributed by atoms with van der Waals surface area (Å²) in [6.07, 6.45) is 3.47. The molecule has 0 unspecified atom stereocenters. The summed E-state index contributed by atoms with van der Waals surface area (Å²) in [5, 5.41) is 3.36. The van der Waals surface area contributed by atoms with Gasteiger partial charge in [-0.2, -0.15) is 9.97 Å². The van der Waals surface area contributed by atoms with Crippen molar-refractivity contribution < 1.29 is 0 Å². The lowest BCUT2D eigenvalue weighted by molar-refractivity contribution is 0.854. The van der Waals surface area contributed by atoms with Crippen molar-refractivity contribution in [2.75, 3.05) is 16.8 Å². The van der Waals surface area contributed by atoms with Crippen molar-refractivity contribution in [1.82, 2.24) is 29.5 Å². The van der Waals surface area contributed by atoms with Gasteiger partial charge in [-0.1, -0.05) is 36.4 Å². The number of nitrogens with two attached hydrogens (primary N) is 2. The molecule has 0 amide bonds. The molecule has 0 aliphatic carbocycles. The van der Waals surface area contributed by atoms with Crippen LogP contribution in [0.15, 0.2) is 73.2 Å². The Hall–Kier alpha value is -4.53. The summed E-state index contributed by atoms with van der Waals surface area (Å²) < 4.78 is 1.92. The minimum atomic E-state index is 0.0706. The van der Waals surface area contributed by atoms with Crippen LogP contribution in [0.1, 0.15) is 18.5 Å². The van der Waals surface area contributed by atoms with Gasteiger partial charge in [0.15, 0.2) is 0 Å². The highest BCUT2D eigenvalue weighted by atomic mass is 15.2. The van der Waals surface area contributed by atoms with Crippen molar-refractivity contribution in [3.8, 4) is 17.1 Å². The van der Waals surface area contributed by atoms with Crippen LogP contribution in [0.2, 0.25) is 0 Å². The fraction of sp³-hybridized carbons (Fsp3) is 0.0870. The SMILES string of the molecule is C[C@H](Nc1nccc(-n2cnc3cc(-c4cc(N)nc(N)n4)ccc32)n1)c1ccccc1. The molecule has 0 aliphatic heterocycles. The number of hydrogen-bond acceptors (Lipinski definition) is 8. The van der Waals surface area contributed by atoms with Gasteiger partial charge in [-0.15, -0.1) is 0 Å². The van der Waals surface area contributed by atoms with E-state index in [0.29, 0.717) is 23.3 Å². The van der Waals surface area contributed by atoms with E-state index in [1.165, 1.54) is 0 Å². The maximum absolute atomic E-state index is 5.80. The molecular formula is C23H21N9. The minimum absolute atomic E-state index is 0.0706. The van der Waals surface area contributed by atoms with Crippen LogP contribution >= 0.6 is 0 Å². The third-order valence-corrected chi connectivity index (χ3v) is 5.14. The van der Waals surface area contributed by atoms with E-state index in [-0.39, 0.29) is 12.0 Å². The maximum atomic E-state index is 5.80. The van der Waals surface area contributed by atoms with Gasteiger partial charge in [-0.25, -0.2) is 15.0 Å². The first-order chi connectivity index (χ1) is 15.6. The maximum Gasteiger partial charge on any atom is 0.225 e. The van der Waals surface area contributed by atoms with E-state index < -0.39 is 0 Å². The highest BCUT2D eigenvalue weighted by Crippen LogP contribution is 2.25. The third-order valence-electron chi connectivity index (χ3n) is 5.14. The van der Waals surface area contributed by atoms with Crippen molar-refractivity contribution in [3.05, 3.63) is 78.8 Å². The molecule has 0 fully saturated rings. The van der Waals surface area contributed by atoms with E-state index in [2.05, 4.69) is 49.3 Å². The van der Waals surface area contributed by atoms with Gasteiger partial charge >= 0.3 is 0 Å². The molecular weight excluding hydrogens is 402 g/mol. The number of nitrogens with zero attached hydrogens (tertiary/aromatic N) is 6. The van der Waals surface area contributed by atoms with Gasteiger partial charge in [0.2, 0.25) is 11.9 Å². The number of nitrogen functional groups attached to an aromatic ring is 2. The van der Waals surface area contributed by atoms with Crippen molar-refractivity contribution in [2.24, 2.45) is 0 Å². The van der Waals surface area contributed by atoms with Crippen molar-refractivity contribution >= 4 is 28.7 Å². The second-order valence-corrected chi connectivity index (χ2v) is 7.37. The molecule has 0 saturated carbocycles. The molecule has 5 N–H and O–H groups in total. The summed E-state index contributed by atoms with van der Waals surface area (Å²) in [7, 11) is 0. The molecule has 158 valence electrons. The Morgan fingerprint density at radius 1 is 0.906 bits per heavy atom. The fourth-order valence-corrected chi connectivity index (χ4v) is 3.56. The number of imidazole rings is 1. The minimum Gasteiger partial charge on any atom is -0.384 e. The van der Waals surface area contributed by atoms with Gasteiger partial charge in [0.25, 0.3) is 0 Å². The van der Waals surface area contributed by atoms with Gasteiger partial charge in [-0.05, 0) is 30.7 Å². The predicted molar refractivity (Wildman–Crippen MR) is 125 cm³/mol. The van der Waals surface area contributed by atoms with Crippen LogP contribution in [0.5, 0.6) is 0 Å². The lowest BCUT2D eigenvalue weighted by Gasteiger charge is -2.14. The molecule has 0 spiro atoms. The lowest BCUT2D eigenvalue weighted by atomic mass is 10.1. The van der Waals surface area contributed by atoms with Crippen LogP contribution in [0.3, 0.4) is 0 Å². The van der Waals surface area contributed by atoms with Gasteiger partial charge in [0.1, 0.15) is 18.0 Å². The normalized spacial score (nSPS) is 12.0. The van der Waals surface area contributed by atoms with Crippen LogP contribution in [-0.4, -0.2) is 29.5 Å². The Kier molecular flexibility index (Phi) is 4.83. The molecule has 3 aromatic heterocycles. The average Bonchev–Trinajstić information content (AvgIpc) is 3.22. The Balaban J connectivity index is 1.45. The van der Waals surface area contributed by atoms with E-state index in [4.69, 9.17) is 11.5 Å². The first-order valence-electron chi connectivity index (χ1n) is 10.1. The highest BCUT2D eigenvalue weighted by Gasteiger charge is 2.12. The Morgan fingerprint density at radius 3 is 2.56 bits per heavy atom. The van der Waals surface area contributed by atoms with Crippen LogP contribution < -0.4 is 16.8 Å². The molecule has 32 heavy (non-hydrogen) atoms. The first kappa shape index (κ1) is 19.4. The molecule has 9 nitrogen and oxygen atoms in total. The number of aromatic nitrogens is 6. The quantitative estimate of drug-likeness (QED) is 0.390. The number of anilines is 3. The zero-order chi connectivity index (χ0) is 22.1. The summed E-state index contributed by atoms with van der Waals surface area (Å²) in [5.74, 6) is 1.72. The van der Waals surface area contributed by atoms with Crippen molar-refractivity contribution in [2.45, 2.75) is 13.0 Å². The molecule has 5 rings (SSSR count). The van der Waals surface area contributed by atoms with Crippen molar-refractivity contribution in [1.29, 1.82) is 0 Å². The highest BCUT2D eigenvalue weighted by molar-refractivity contribution is 5.83. The number of fused-ring (bicyclic) bond motifs is 1. The Labute approximate surface area is 184 Å². The van der Waals surface area contributed by atoms with Crippen LogP contribution in [-0.2, 0) is 0 Å². The molecule has 0 radical (unpaired) electrons. The van der Waals surface area contributed by atoms with Gasteiger partial charge in [0.05, 0.1) is 22.8 Å². The second-order valence-electron chi connectivity index (χ2n) is 7.37. The van der Waals surface area contributed by atoms with E-state index in [1.807, 2.05) is 47.0 Å². The molecule has 2 aromatic carbocycles. The third kappa shape index (κ3) is 3.79.